The molecule has 1 aromatic heterocycles. The van der Waals surface area contributed by atoms with E-state index in [1.165, 1.54) is 11.3 Å². The zero-order chi connectivity index (χ0) is 13.0. The van der Waals surface area contributed by atoms with Crippen molar-refractivity contribution in [2.75, 3.05) is 13.7 Å². The Morgan fingerprint density at radius 3 is 2.72 bits per heavy atom. The summed E-state index contributed by atoms with van der Waals surface area (Å²) in [5.41, 5.74) is 1.01. The average Bonchev–Trinajstić information content (AvgIpc) is 2.82. The van der Waals surface area contributed by atoms with E-state index in [0.29, 0.717) is 17.9 Å². The van der Waals surface area contributed by atoms with Gasteiger partial charge in [-0.3, -0.25) is 0 Å². The molecule has 94 valence electrons. The van der Waals surface area contributed by atoms with Gasteiger partial charge < -0.3 is 9.84 Å². The highest BCUT2D eigenvalue weighted by molar-refractivity contribution is 7.15. The maximum atomic E-state index is 11.2. The summed E-state index contributed by atoms with van der Waals surface area (Å²) in [6.45, 7) is 0.542. The van der Waals surface area contributed by atoms with Crippen LogP contribution >= 0.6 is 11.3 Å². The smallest absolute Gasteiger partial charge is 0.356 e. The molecule has 0 radical (unpaired) electrons. The Kier molecular flexibility index (Phi) is 4.07. The number of carboxylic acid groups (broad SMARTS) is 1. The number of hydrogen-bond donors (Lipinski definition) is 1. The van der Waals surface area contributed by atoms with Crippen molar-refractivity contribution in [1.82, 2.24) is 4.98 Å². The van der Waals surface area contributed by atoms with Gasteiger partial charge in [-0.2, -0.15) is 0 Å². The number of carboxylic acids is 1. The number of benzene rings is 1. The maximum absolute atomic E-state index is 11.2. The Morgan fingerprint density at radius 2 is 2.11 bits per heavy atom. The molecule has 0 saturated heterocycles. The molecule has 0 aliphatic heterocycles. The molecule has 0 bridgehead atoms. The van der Waals surface area contributed by atoms with Crippen LogP contribution in [0.15, 0.2) is 30.3 Å². The fourth-order valence-electron chi connectivity index (χ4n) is 1.59. The summed E-state index contributed by atoms with van der Waals surface area (Å²) < 4.78 is 4.98. The summed E-state index contributed by atoms with van der Waals surface area (Å²) in [6.07, 6.45) is 0.633. The van der Waals surface area contributed by atoms with Gasteiger partial charge in [0.1, 0.15) is 0 Å². The van der Waals surface area contributed by atoms with Crippen molar-refractivity contribution in [3.05, 3.63) is 41.0 Å². The standard InChI is InChI=1S/C13H13NO3S/c1-17-8-7-10-14-11(13(15)16)12(18-10)9-5-3-2-4-6-9/h2-6H,7-8H2,1H3,(H,15,16). The first-order valence-electron chi connectivity index (χ1n) is 5.49. The van der Waals surface area contributed by atoms with E-state index in [2.05, 4.69) is 4.98 Å². The Hall–Kier alpha value is -1.72. The number of rotatable bonds is 5. The van der Waals surface area contributed by atoms with E-state index >= 15 is 0 Å². The van der Waals surface area contributed by atoms with Gasteiger partial charge in [-0.05, 0) is 5.56 Å². The van der Waals surface area contributed by atoms with Crippen molar-refractivity contribution >= 4 is 17.3 Å². The number of ether oxygens (including phenoxy) is 1. The van der Waals surface area contributed by atoms with E-state index in [0.717, 1.165) is 10.6 Å². The summed E-state index contributed by atoms with van der Waals surface area (Å²) in [5.74, 6) is -0.992. The minimum atomic E-state index is -0.992. The molecule has 1 N–H and O–H groups in total. The van der Waals surface area contributed by atoms with Gasteiger partial charge in [-0.1, -0.05) is 30.3 Å². The quantitative estimate of drug-likeness (QED) is 0.901. The summed E-state index contributed by atoms with van der Waals surface area (Å²) in [7, 11) is 1.61. The SMILES string of the molecule is COCCc1nc(C(=O)O)c(-c2ccccc2)s1. The topological polar surface area (TPSA) is 59.4 Å². The second-order valence-corrected chi connectivity index (χ2v) is 4.78. The number of aromatic nitrogens is 1. The fraction of sp³-hybridized carbons (Fsp3) is 0.231. The largest absolute Gasteiger partial charge is 0.476 e. The molecule has 5 heteroatoms. The highest BCUT2D eigenvalue weighted by atomic mass is 32.1. The third-order valence-electron chi connectivity index (χ3n) is 2.43. The van der Waals surface area contributed by atoms with Crippen LogP contribution < -0.4 is 0 Å². The summed E-state index contributed by atoms with van der Waals surface area (Å²) in [5, 5.41) is 9.96. The number of thiazole rings is 1. The fourth-order valence-corrected chi connectivity index (χ4v) is 2.63. The van der Waals surface area contributed by atoms with Crippen LogP contribution in [0.5, 0.6) is 0 Å². The molecule has 0 aliphatic carbocycles. The average molecular weight is 263 g/mol. The van der Waals surface area contributed by atoms with Crippen LogP contribution in [0, 0.1) is 0 Å². The minimum absolute atomic E-state index is 0.123. The van der Waals surface area contributed by atoms with Gasteiger partial charge >= 0.3 is 5.97 Å². The van der Waals surface area contributed by atoms with Gasteiger partial charge in [0, 0.05) is 13.5 Å². The van der Waals surface area contributed by atoms with Crippen LogP contribution in [0.1, 0.15) is 15.5 Å². The van der Waals surface area contributed by atoms with E-state index in [1.54, 1.807) is 7.11 Å². The Bertz CT molecular complexity index is 536. The number of aromatic carboxylic acids is 1. The lowest BCUT2D eigenvalue weighted by Crippen LogP contribution is -2.00. The van der Waals surface area contributed by atoms with Gasteiger partial charge in [0.25, 0.3) is 0 Å². The minimum Gasteiger partial charge on any atom is -0.476 e. The summed E-state index contributed by atoms with van der Waals surface area (Å²) in [6, 6.07) is 9.45. The van der Waals surface area contributed by atoms with E-state index < -0.39 is 5.97 Å². The van der Waals surface area contributed by atoms with Crippen molar-refractivity contribution in [2.45, 2.75) is 6.42 Å². The second-order valence-electron chi connectivity index (χ2n) is 3.70. The van der Waals surface area contributed by atoms with Crippen LogP contribution in [0.4, 0.5) is 0 Å². The molecule has 18 heavy (non-hydrogen) atoms. The lowest BCUT2D eigenvalue weighted by atomic mass is 10.1. The molecule has 0 fully saturated rings. The Balaban J connectivity index is 2.39. The van der Waals surface area contributed by atoms with E-state index in [1.807, 2.05) is 30.3 Å². The van der Waals surface area contributed by atoms with Crippen molar-refractivity contribution in [1.29, 1.82) is 0 Å². The molecular formula is C13H13NO3S. The lowest BCUT2D eigenvalue weighted by molar-refractivity contribution is 0.0692. The zero-order valence-electron chi connectivity index (χ0n) is 9.92. The molecule has 1 aromatic carbocycles. The normalized spacial score (nSPS) is 10.5. The lowest BCUT2D eigenvalue weighted by Gasteiger charge is -1.97. The molecule has 0 spiro atoms. The maximum Gasteiger partial charge on any atom is 0.356 e. The molecular weight excluding hydrogens is 250 g/mol. The number of carbonyl (C=O) groups is 1. The molecule has 2 aromatic rings. The predicted molar refractivity (Wildman–Crippen MR) is 70.1 cm³/mol. The van der Waals surface area contributed by atoms with Crippen LogP contribution in [0.3, 0.4) is 0 Å². The molecule has 1 heterocycles. The molecule has 0 unspecified atom stereocenters. The highest BCUT2D eigenvalue weighted by Gasteiger charge is 2.18. The number of methoxy groups -OCH3 is 1. The summed E-state index contributed by atoms with van der Waals surface area (Å²) in [4.78, 5) is 16.1. The Labute approximate surface area is 109 Å². The van der Waals surface area contributed by atoms with Crippen LogP contribution in [-0.2, 0) is 11.2 Å². The van der Waals surface area contributed by atoms with Gasteiger partial charge in [-0.15, -0.1) is 11.3 Å². The predicted octanol–water partition coefficient (Wildman–Crippen LogP) is 2.70. The molecule has 0 aliphatic rings. The molecule has 2 rings (SSSR count). The van der Waals surface area contributed by atoms with Crippen LogP contribution in [-0.4, -0.2) is 29.8 Å². The van der Waals surface area contributed by atoms with E-state index in [-0.39, 0.29) is 5.69 Å². The van der Waals surface area contributed by atoms with Gasteiger partial charge in [0.2, 0.25) is 0 Å². The number of hydrogen-bond acceptors (Lipinski definition) is 4. The van der Waals surface area contributed by atoms with E-state index in [9.17, 15) is 9.90 Å². The van der Waals surface area contributed by atoms with Crippen LogP contribution in [0.2, 0.25) is 0 Å². The van der Waals surface area contributed by atoms with Gasteiger partial charge in [-0.25, -0.2) is 9.78 Å². The zero-order valence-corrected chi connectivity index (χ0v) is 10.7. The molecule has 0 atom stereocenters. The van der Waals surface area contributed by atoms with Crippen LogP contribution in [0.25, 0.3) is 10.4 Å². The van der Waals surface area contributed by atoms with Crippen molar-refractivity contribution in [3.63, 3.8) is 0 Å². The van der Waals surface area contributed by atoms with Crippen molar-refractivity contribution < 1.29 is 14.6 Å². The first kappa shape index (κ1) is 12.7. The molecule has 4 nitrogen and oxygen atoms in total. The van der Waals surface area contributed by atoms with E-state index in [4.69, 9.17) is 4.74 Å². The highest BCUT2D eigenvalue weighted by Crippen LogP contribution is 2.30. The Morgan fingerprint density at radius 1 is 1.39 bits per heavy atom. The first-order chi connectivity index (χ1) is 8.72. The first-order valence-corrected chi connectivity index (χ1v) is 6.31. The van der Waals surface area contributed by atoms with Gasteiger partial charge in [0.05, 0.1) is 16.5 Å². The second kappa shape index (κ2) is 5.75. The molecule has 0 saturated carbocycles. The monoisotopic (exact) mass is 263 g/mol. The van der Waals surface area contributed by atoms with Crippen molar-refractivity contribution in [3.8, 4) is 10.4 Å². The van der Waals surface area contributed by atoms with Gasteiger partial charge in [0.15, 0.2) is 5.69 Å². The number of nitrogens with zero attached hydrogens (tertiary/aromatic N) is 1. The third-order valence-corrected chi connectivity index (χ3v) is 3.59. The third kappa shape index (κ3) is 2.75. The van der Waals surface area contributed by atoms with Crippen molar-refractivity contribution in [2.24, 2.45) is 0 Å². The summed E-state index contributed by atoms with van der Waals surface area (Å²) >= 11 is 1.41. The molecule has 0 amide bonds.